The number of hydrogen-bond donors (Lipinski definition) is 1. The lowest BCUT2D eigenvalue weighted by Gasteiger charge is -2.33. The van der Waals surface area contributed by atoms with Crippen LogP contribution < -0.4 is 0 Å². The van der Waals surface area contributed by atoms with E-state index in [1.807, 2.05) is 6.92 Å². The van der Waals surface area contributed by atoms with Crippen molar-refractivity contribution < 1.29 is 5.11 Å². The molecule has 1 aromatic rings. The van der Waals surface area contributed by atoms with Crippen molar-refractivity contribution in [2.24, 2.45) is 5.92 Å². The largest absolute Gasteiger partial charge is 0.390 e. The molecule has 1 fully saturated rings. The number of rotatable bonds is 4. The zero-order chi connectivity index (χ0) is 10.9. The average molecular weight is 289 g/mol. The highest BCUT2D eigenvalue weighted by Crippen LogP contribution is 2.35. The number of halogens is 1. The predicted molar refractivity (Wildman–Crippen MR) is 68.3 cm³/mol. The number of aliphatic hydroxyl groups is 1. The Balaban J connectivity index is 1.90. The van der Waals surface area contributed by atoms with E-state index in [0.29, 0.717) is 0 Å². The molecular weight excluding hydrogens is 272 g/mol. The van der Waals surface area contributed by atoms with Gasteiger partial charge in [-0.05, 0) is 41.3 Å². The first-order chi connectivity index (χ1) is 7.05. The molecule has 1 N–H and O–H groups in total. The van der Waals surface area contributed by atoms with E-state index in [0.717, 1.165) is 23.2 Å². The monoisotopic (exact) mass is 288 g/mol. The number of thiophene rings is 1. The van der Waals surface area contributed by atoms with Gasteiger partial charge in [0.1, 0.15) is 0 Å². The zero-order valence-corrected chi connectivity index (χ0v) is 11.4. The van der Waals surface area contributed by atoms with Gasteiger partial charge in [0.15, 0.2) is 0 Å². The number of hydrogen-bond acceptors (Lipinski definition) is 2. The summed E-state index contributed by atoms with van der Waals surface area (Å²) in [6.07, 6.45) is 5.72. The van der Waals surface area contributed by atoms with Gasteiger partial charge in [0, 0.05) is 21.2 Å². The summed E-state index contributed by atoms with van der Waals surface area (Å²) in [5.41, 5.74) is -0.518. The van der Waals surface area contributed by atoms with Crippen molar-refractivity contribution in [1.82, 2.24) is 0 Å². The Hall–Kier alpha value is 0.140. The van der Waals surface area contributed by atoms with Gasteiger partial charge in [-0.1, -0.05) is 19.3 Å². The summed E-state index contributed by atoms with van der Waals surface area (Å²) in [6.45, 7) is 1.97. The van der Waals surface area contributed by atoms with Crippen molar-refractivity contribution in [3.05, 3.63) is 20.8 Å². The second kappa shape index (κ2) is 4.56. The molecule has 0 spiro atoms. The molecule has 1 nitrogen and oxygen atoms in total. The maximum absolute atomic E-state index is 10.3. The minimum Gasteiger partial charge on any atom is -0.390 e. The van der Waals surface area contributed by atoms with Crippen molar-refractivity contribution in [1.29, 1.82) is 0 Å². The fraction of sp³-hybridized carbons (Fsp3) is 0.667. The minimum absolute atomic E-state index is 0.518. The molecule has 1 saturated carbocycles. The molecule has 0 saturated heterocycles. The Morgan fingerprint density at radius 2 is 2.33 bits per heavy atom. The van der Waals surface area contributed by atoms with Crippen molar-refractivity contribution in [2.75, 3.05) is 0 Å². The molecule has 84 valence electrons. The second-order valence-corrected chi connectivity index (χ2v) is 6.82. The van der Waals surface area contributed by atoms with E-state index in [-0.39, 0.29) is 0 Å². The van der Waals surface area contributed by atoms with E-state index in [4.69, 9.17) is 0 Å². The molecule has 0 aromatic carbocycles. The average Bonchev–Trinajstić information content (AvgIpc) is 2.43. The Labute approximate surface area is 104 Å². The van der Waals surface area contributed by atoms with Crippen LogP contribution in [0.1, 0.15) is 37.5 Å². The fourth-order valence-electron chi connectivity index (χ4n) is 2.21. The summed E-state index contributed by atoms with van der Waals surface area (Å²) in [6, 6.07) is 2.11. The van der Waals surface area contributed by atoms with Crippen molar-refractivity contribution >= 4 is 27.3 Å². The first-order valence-corrected chi connectivity index (χ1v) is 7.18. The van der Waals surface area contributed by atoms with Crippen LogP contribution in [0.4, 0.5) is 0 Å². The van der Waals surface area contributed by atoms with Crippen molar-refractivity contribution in [2.45, 2.75) is 44.6 Å². The van der Waals surface area contributed by atoms with Crippen LogP contribution in [0.3, 0.4) is 0 Å². The zero-order valence-electron chi connectivity index (χ0n) is 9.00. The molecule has 1 atom stereocenters. The molecule has 1 aromatic heterocycles. The van der Waals surface area contributed by atoms with Gasteiger partial charge in [0.25, 0.3) is 0 Å². The van der Waals surface area contributed by atoms with E-state index in [2.05, 4.69) is 27.4 Å². The Morgan fingerprint density at radius 1 is 1.60 bits per heavy atom. The lowest BCUT2D eigenvalue weighted by atomic mass is 9.77. The summed E-state index contributed by atoms with van der Waals surface area (Å²) >= 11 is 5.17. The molecule has 0 aliphatic heterocycles. The second-order valence-electron chi connectivity index (χ2n) is 4.91. The van der Waals surface area contributed by atoms with Crippen LogP contribution in [0.2, 0.25) is 0 Å². The van der Waals surface area contributed by atoms with Crippen LogP contribution in [0.25, 0.3) is 0 Å². The van der Waals surface area contributed by atoms with E-state index in [1.165, 1.54) is 24.1 Å². The molecule has 0 amide bonds. The third-order valence-corrected chi connectivity index (χ3v) is 4.83. The Morgan fingerprint density at radius 3 is 2.80 bits per heavy atom. The molecule has 3 heteroatoms. The van der Waals surface area contributed by atoms with Gasteiger partial charge in [-0.25, -0.2) is 0 Å². The Bertz CT molecular complexity index is 328. The smallest absolute Gasteiger partial charge is 0.0670 e. The van der Waals surface area contributed by atoms with Crippen LogP contribution >= 0.6 is 27.3 Å². The molecule has 1 heterocycles. The van der Waals surface area contributed by atoms with Gasteiger partial charge < -0.3 is 5.11 Å². The SMILES string of the molecule is CC(O)(Cc1cc(Br)cs1)CC1CCC1. The highest BCUT2D eigenvalue weighted by molar-refractivity contribution is 9.10. The van der Waals surface area contributed by atoms with Gasteiger partial charge in [-0.2, -0.15) is 0 Å². The van der Waals surface area contributed by atoms with Crippen molar-refractivity contribution in [3.63, 3.8) is 0 Å². The van der Waals surface area contributed by atoms with E-state index in [9.17, 15) is 5.11 Å². The van der Waals surface area contributed by atoms with E-state index in [1.54, 1.807) is 11.3 Å². The third-order valence-electron chi connectivity index (χ3n) is 3.13. The van der Waals surface area contributed by atoms with E-state index < -0.39 is 5.60 Å². The summed E-state index contributed by atoms with van der Waals surface area (Å²) < 4.78 is 1.13. The minimum atomic E-state index is -0.518. The summed E-state index contributed by atoms with van der Waals surface area (Å²) in [4.78, 5) is 1.27. The predicted octanol–water partition coefficient (Wildman–Crippen LogP) is 3.99. The normalized spacial score (nSPS) is 21.0. The molecule has 1 aliphatic rings. The molecule has 2 rings (SSSR count). The van der Waals surface area contributed by atoms with Gasteiger partial charge >= 0.3 is 0 Å². The molecule has 0 radical (unpaired) electrons. The van der Waals surface area contributed by atoms with Crippen LogP contribution in [0.5, 0.6) is 0 Å². The highest BCUT2D eigenvalue weighted by Gasteiger charge is 2.29. The lowest BCUT2D eigenvalue weighted by Crippen LogP contribution is -2.32. The molecule has 1 aliphatic carbocycles. The third kappa shape index (κ3) is 3.30. The van der Waals surface area contributed by atoms with Crippen LogP contribution in [-0.2, 0) is 6.42 Å². The van der Waals surface area contributed by atoms with Gasteiger partial charge in [0.05, 0.1) is 5.60 Å². The van der Waals surface area contributed by atoms with E-state index >= 15 is 0 Å². The maximum atomic E-state index is 10.3. The van der Waals surface area contributed by atoms with Gasteiger partial charge in [-0.15, -0.1) is 11.3 Å². The van der Waals surface area contributed by atoms with Crippen LogP contribution in [0.15, 0.2) is 15.9 Å². The van der Waals surface area contributed by atoms with Crippen LogP contribution in [-0.4, -0.2) is 10.7 Å². The lowest BCUT2D eigenvalue weighted by molar-refractivity contribution is 0.0211. The molecular formula is C12H17BrOS. The molecule has 1 unspecified atom stereocenters. The standard InChI is InChI=1S/C12H17BrOS/c1-12(14,6-9-3-2-4-9)7-11-5-10(13)8-15-11/h5,8-9,14H,2-4,6-7H2,1H3. The first kappa shape index (κ1) is 11.6. The summed E-state index contributed by atoms with van der Waals surface area (Å²) in [7, 11) is 0. The maximum Gasteiger partial charge on any atom is 0.0670 e. The molecule has 15 heavy (non-hydrogen) atoms. The Kier molecular flexibility index (Phi) is 3.53. The topological polar surface area (TPSA) is 20.2 Å². The van der Waals surface area contributed by atoms with Crippen molar-refractivity contribution in [3.8, 4) is 0 Å². The van der Waals surface area contributed by atoms with Gasteiger partial charge in [0.2, 0.25) is 0 Å². The summed E-state index contributed by atoms with van der Waals surface area (Å²) in [5.74, 6) is 0.767. The fourth-order valence-corrected chi connectivity index (χ4v) is 3.84. The summed E-state index contributed by atoms with van der Waals surface area (Å²) in [5, 5.41) is 12.4. The quantitative estimate of drug-likeness (QED) is 0.888. The molecule has 0 bridgehead atoms. The first-order valence-electron chi connectivity index (χ1n) is 5.50. The van der Waals surface area contributed by atoms with Gasteiger partial charge in [-0.3, -0.25) is 0 Å². The highest BCUT2D eigenvalue weighted by atomic mass is 79.9. The van der Waals surface area contributed by atoms with Crippen LogP contribution in [0, 0.1) is 5.92 Å².